The maximum atomic E-state index is 11.8. The molecule has 1 aliphatic carbocycles. The standard InChI is InChI=1S/C15H26O3/c1-10(2)8-13(16)17-12-9-11-6-7-15(12,5)18-14(11,3)4/h10-12H,6-9H2,1-5H3/t11?,12-,15-/m1/s1. The van der Waals surface area contributed by atoms with Crippen molar-refractivity contribution in [1.82, 2.24) is 0 Å². The lowest BCUT2D eigenvalue weighted by molar-refractivity contribution is -0.278. The zero-order chi connectivity index (χ0) is 13.6. The number of ether oxygens (including phenoxy) is 2. The number of hydrogen-bond acceptors (Lipinski definition) is 3. The average molecular weight is 254 g/mol. The van der Waals surface area contributed by atoms with E-state index in [2.05, 4.69) is 20.8 Å². The first kappa shape index (κ1) is 13.9. The van der Waals surface area contributed by atoms with Gasteiger partial charge in [0.05, 0.1) is 5.60 Å². The summed E-state index contributed by atoms with van der Waals surface area (Å²) in [7, 11) is 0. The van der Waals surface area contributed by atoms with Crippen LogP contribution in [-0.2, 0) is 14.3 Å². The topological polar surface area (TPSA) is 35.5 Å². The van der Waals surface area contributed by atoms with E-state index in [-0.39, 0.29) is 23.3 Å². The molecule has 18 heavy (non-hydrogen) atoms. The monoisotopic (exact) mass is 254 g/mol. The van der Waals surface area contributed by atoms with Crippen LogP contribution < -0.4 is 0 Å². The van der Waals surface area contributed by atoms with E-state index in [1.165, 1.54) is 6.42 Å². The van der Waals surface area contributed by atoms with Crippen molar-refractivity contribution in [3.8, 4) is 0 Å². The molecule has 2 heterocycles. The lowest BCUT2D eigenvalue weighted by Gasteiger charge is -2.57. The van der Waals surface area contributed by atoms with Crippen LogP contribution in [0.2, 0.25) is 0 Å². The van der Waals surface area contributed by atoms with Gasteiger partial charge in [0.15, 0.2) is 0 Å². The van der Waals surface area contributed by atoms with E-state index >= 15 is 0 Å². The van der Waals surface area contributed by atoms with E-state index < -0.39 is 0 Å². The summed E-state index contributed by atoms with van der Waals surface area (Å²) in [5.74, 6) is 0.782. The van der Waals surface area contributed by atoms with Gasteiger partial charge in [-0.15, -0.1) is 0 Å². The SMILES string of the molecule is CC(C)CC(=O)O[C@@H]1CC2CC[C@@]1(C)OC2(C)C. The predicted molar refractivity (Wildman–Crippen MR) is 70.2 cm³/mol. The molecule has 3 atom stereocenters. The molecule has 2 saturated heterocycles. The molecule has 2 aliphatic heterocycles. The molecule has 3 heteroatoms. The van der Waals surface area contributed by atoms with Gasteiger partial charge in [-0.05, 0) is 51.9 Å². The Morgan fingerprint density at radius 1 is 1.39 bits per heavy atom. The van der Waals surface area contributed by atoms with Crippen LogP contribution in [-0.4, -0.2) is 23.3 Å². The molecule has 0 amide bonds. The lowest BCUT2D eigenvalue weighted by atomic mass is 9.67. The maximum absolute atomic E-state index is 11.8. The molecule has 3 fully saturated rings. The van der Waals surface area contributed by atoms with Gasteiger partial charge in [-0.2, -0.15) is 0 Å². The molecule has 0 radical (unpaired) electrons. The minimum absolute atomic E-state index is 0.0597. The Morgan fingerprint density at radius 2 is 2.06 bits per heavy atom. The number of hydrogen-bond donors (Lipinski definition) is 0. The first-order valence-corrected chi connectivity index (χ1v) is 7.12. The van der Waals surface area contributed by atoms with Crippen molar-refractivity contribution in [2.75, 3.05) is 0 Å². The molecule has 1 unspecified atom stereocenters. The van der Waals surface area contributed by atoms with Crippen LogP contribution in [0.4, 0.5) is 0 Å². The number of rotatable bonds is 3. The maximum Gasteiger partial charge on any atom is 0.306 e. The van der Waals surface area contributed by atoms with Crippen molar-refractivity contribution < 1.29 is 14.3 Å². The average Bonchev–Trinajstić information content (AvgIpc) is 2.17. The van der Waals surface area contributed by atoms with Crippen LogP contribution in [0.25, 0.3) is 0 Å². The van der Waals surface area contributed by atoms with Crippen LogP contribution in [0.3, 0.4) is 0 Å². The van der Waals surface area contributed by atoms with Gasteiger partial charge in [-0.1, -0.05) is 13.8 Å². The van der Waals surface area contributed by atoms with Crippen molar-refractivity contribution in [2.24, 2.45) is 11.8 Å². The molecular weight excluding hydrogens is 228 g/mol. The van der Waals surface area contributed by atoms with Crippen LogP contribution in [0.15, 0.2) is 0 Å². The Morgan fingerprint density at radius 3 is 2.56 bits per heavy atom. The van der Waals surface area contributed by atoms with Gasteiger partial charge in [0.1, 0.15) is 11.7 Å². The molecule has 3 rings (SSSR count). The van der Waals surface area contributed by atoms with Gasteiger partial charge < -0.3 is 9.47 Å². The normalized spacial score (nSPS) is 37.9. The van der Waals surface area contributed by atoms with Crippen molar-refractivity contribution in [3.05, 3.63) is 0 Å². The quantitative estimate of drug-likeness (QED) is 0.725. The van der Waals surface area contributed by atoms with Gasteiger partial charge in [0, 0.05) is 6.42 Å². The summed E-state index contributed by atoms with van der Waals surface area (Å²) in [6, 6.07) is 0. The predicted octanol–water partition coefficient (Wildman–Crippen LogP) is 3.31. The van der Waals surface area contributed by atoms with Crippen LogP contribution in [0.1, 0.15) is 60.3 Å². The Kier molecular flexibility index (Phi) is 3.48. The summed E-state index contributed by atoms with van der Waals surface area (Å²) in [4.78, 5) is 11.8. The molecular formula is C15H26O3. The van der Waals surface area contributed by atoms with E-state index in [1.807, 2.05) is 13.8 Å². The minimum atomic E-state index is -0.287. The number of esters is 1. The number of carbonyl (C=O) groups is 1. The fourth-order valence-corrected chi connectivity index (χ4v) is 3.39. The summed E-state index contributed by atoms with van der Waals surface area (Å²) in [5.41, 5.74) is -0.362. The van der Waals surface area contributed by atoms with Gasteiger partial charge >= 0.3 is 5.97 Å². The highest BCUT2D eigenvalue weighted by atomic mass is 16.6. The van der Waals surface area contributed by atoms with Gasteiger partial charge in [-0.3, -0.25) is 4.79 Å². The highest BCUT2D eigenvalue weighted by Gasteiger charge is 2.55. The molecule has 0 aromatic carbocycles. The molecule has 3 nitrogen and oxygen atoms in total. The Balaban J connectivity index is 2.02. The molecule has 0 spiro atoms. The van der Waals surface area contributed by atoms with Gasteiger partial charge in [0.2, 0.25) is 0 Å². The summed E-state index contributed by atoms with van der Waals surface area (Å²) in [5, 5.41) is 0. The van der Waals surface area contributed by atoms with Crippen LogP contribution >= 0.6 is 0 Å². The van der Waals surface area contributed by atoms with E-state index in [4.69, 9.17) is 9.47 Å². The van der Waals surface area contributed by atoms with Crippen molar-refractivity contribution in [1.29, 1.82) is 0 Å². The zero-order valence-electron chi connectivity index (χ0n) is 12.3. The summed E-state index contributed by atoms with van der Waals surface area (Å²) in [6.45, 7) is 10.5. The molecule has 1 saturated carbocycles. The van der Waals surface area contributed by atoms with Gasteiger partial charge in [-0.25, -0.2) is 0 Å². The van der Waals surface area contributed by atoms with Crippen molar-refractivity contribution >= 4 is 5.97 Å². The van der Waals surface area contributed by atoms with Crippen molar-refractivity contribution in [3.63, 3.8) is 0 Å². The summed E-state index contributed by atoms with van der Waals surface area (Å²) >= 11 is 0. The van der Waals surface area contributed by atoms with Gasteiger partial charge in [0.25, 0.3) is 0 Å². The number of carbonyl (C=O) groups excluding carboxylic acids is 1. The first-order valence-electron chi connectivity index (χ1n) is 7.12. The highest BCUT2D eigenvalue weighted by molar-refractivity contribution is 5.69. The van der Waals surface area contributed by atoms with E-state index in [0.717, 1.165) is 12.8 Å². The second kappa shape index (κ2) is 4.52. The first-order chi connectivity index (χ1) is 8.23. The fraction of sp³-hybridized carbons (Fsp3) is 0.933. The number of fused-ring (bicyclic) bond motifs is 3. The van der Waals surface area contributed by atoms with E-state index in [1.54, 1.807) is 0 Å². The third kappa shape index (κ3) is 2.56. The molecule has 0 N–H and O–H groups in total. The molecule has 0 aromatic heterocycles. The Bertz CT molecular complexity index is 335. The minimum Gasteiger partial charge on any atom is -0.459 e. The van der Waals surface area contributed by atoms with Crippen molar-refractivity contribution in [2.45, 2.75) is 77.6 Å². The Hall–Kier alpha value is -0.570. The van der Waals surface area contributed by atoms with E-state index in [9.17, 15) is 4.79 Å². The lowest BCUT2D eigenvalue weighted by Crippen LogP contribution is -2.62. The molecule has 0 aromatic rings. The molecule has 104 valence electrons. The smallest absolute Gasteiger partial charge is 0.306 e. The second-order valence-electron chi connectivity index (χ2n) is 7.07. The zero-order valence-corrected chi connectivity index (χ0v) is 12.3. The molecule has 2 bridgehead atoms. The summed E-state index contributed by atoms with van der Waals surface area (Å²) < 4.78 is 11.9. The third-order valence-electron chi connectivity index (χ3n) is 4.50. The largest absolute Gasteiger partial charge is 0.459 e. The van der Waals surface area contributed by atoms with Crippen LogP contribution in [0, 0.1) is 11.8 Å². The fourth-order valence-electron chi connectivity index (χ4n) is 3.39. The van der Waals surface area contributed by atoms with E-state index in [0.29, 0.717) is 18.3 Å². The van der Waals surface area contributed by atoms with Crippen LogP contribution in [0.5, 0.6) is 0 Å². The Labute approximate surface area is 110 Å². The molecule has 3 aliphatic rings. The second-order valence-corrected chi connectivity index (χ2v) is 7.07. The highest BCUT2D eigenvalue weighted by Crippen LogP contribution is 2.50. The summed E-state index contributed by atoms with van der Waals surface area (Å²) in [6.07, 6.45) is 3.58. The third-order valence-corrected chi connectivity index (χ3v) is 4.50.